The zero-order valence-corrected chi connectivity index (χ0v) is 20.6. The number of nitrogens with zero attached hydrogens (tertiary/aromatic N) is 5. The maximum Gasteiger partial charge on any atom is 0.332 e. The Labute approximate surface area is 208 Å². The first-order chi connectivity index (χ1) is 17.4. The molecule has 0 unspecified atom stereocenters. The highest BCUT2D eigenvalue weighted by molar-refractivity contribution is 5.77. The Balaban J connectivity index is 1.30. The minimum atomic E-state index is -0.573. The first-order valence-corrected chi connectivity index (χ1v) is 12.2. The summed E-state index contributed by atoms with van der Waals surface area (Å²) in [7, 11) is 3.22. The molecule has 4 aromatic rings. The van der Waals surface area contributed by atoms with Gasteiger partial charge in [-0.1, -0.05) is 48.5 Å². The summed E-state index contributed by atoms with van der Waals surface area (Å²) in [6.07, 6.45) is 4.03. The summed E-state index contributed by atoms with van der Waals surface area (Å²) >= 11 is 0. The molecular weight excluding hydrogens is 456 g/mol. The van der Waals surface area contributed by atoms with Gasteiger partial charge in [-0.3, -0.25) is 19.1 Å². The summed E-state index contributed by atoms with van der Waals surface area (Å²) in [4.78, 5) is 44.9. The van der Waals surface area contributed by atoms with Gasteiger partial charge in [-0.25, -0.2) is 14.3 Å². The summed E-state index contributed by atoms with van der Waals surface area (Å²) in [6.45, 7) is 3.23. The summed E-state index contributed by atoms with van der Waals surface area (Å²) in [5, 5.41) is 2.87. The number of rotatable bonds is 7. The van der Waals surface area contributed by atoms with Crippen LogP contribution in [-0.2, 0) is 38.5 Å². The minimum absolute atomic E-state index is 0.281. The van der Waals surface area contributed by atoms with Crippen molar-refractivity contribution in [2.24, 2.45) is 14.1 Å². The van der Waals surface area contributed by atoms with Gasteiger partial charge in [0.2, 0.25) is 5.91 Å². The summed E-state index contributed by atoms with van der Waals surface area (Å²) in [5.74, 6) is -0.411. The van der Waals surface area contributed by atoms with Gasteiger partial charge in [0, 0.05) is 27.2 Å². The van der Waals surface area contributed by atoms with Gasteiger partial charge in [0.15, 0.2) is 11.2 Å². The number of nitrogens with one attached hydrogen (secondary N) is 1. The van der Waals surface area contributed by atoms with Crippen molar-refractivity contribution in [2.45, 2.75) is 32.5 Å². The van der Waals surface area contributed by atoms with Gasteiger partial charge in [0.05, 0.1) is 6.33 Å². The third-order valence-corrected chi connectivity index (χ3v) is 6.87. The average Bonchev–Trinajstić information content (AvgIpc) is 3.54. The topological polar surface area (TPSA) is 94.2 Å². The van der Waals surface area contributed by atoms with E-state index in [1.165, 1.54) is 49.4 Å². The molecule has 1 aliphatic heterocycles. The van der Waals surface area contributed by atoms with Crippen molar-refractivity contribution in [3.8, 4) is 11.1 Å². The number of fused-ring (bicyclic) bond motifs is 1. The van der Waals surface area contributed by atoms with Crippen LogP contribution in [-0.4, -0.2) is 42.6 Å². The zero-order chi connectivity index (χ0) is 25.2. The number of benzene rings is 2. The second kappa shape index (κ2) is 9.94. The second-order valence-electron chi connectivity index (χ2n) is 9.37. The van der Waals surface area contributed by atoms with Gasteiger partial charge in [-0.05, 0) is 48.2 Å². The summed E-state index contributed by atoms with van der Waals surface area (Å²) < 4.78 is 3.79. The minimum Gasteiger partial charge on any atom is -0.350 e. The van der Waals surface area contributed by atoms with Gasteiger partial charge in [-0.15, -0.1) is 0 Å². The number of aryl methyl sites for hydroxylation is 2. The van der Waals surface area contributed by atoms with E-state index in [4.69, 9.17) is 0 Å². The highest BCUT2D eigenvalue weighted by Gasteiger charge is 2.17. The third-order valence-electron chi connectivity index (χ3n) is 6.87. The standard InChI is InChI=1S/C27H30N6O3/c1-30-18-29-25-24(30)26(35)33(27(36)31(25)2)17-23(34)28-15-21-7-3-4-8-22(21)20-11-9-19(10-12-20)16-32-13-5-6-14-32/h3-4,7-12,18H,5-6,13-17H2,1-2H3,(H,28,34). The predicted molar refractivity (Wildman–Crippen MR) is 138 cm³/mol. The van der Waals surface area contributed by atoms with Crippen LogP contribution in [0.25, 0.3) is 22.3 Å². The molecule has 1 aliphatic rings. The maximum absolute atomic E-state index is 12.9. The number of hydrogen-bond acceptors (Lipinski definition) is 5. The van der Waals surface area contributed by atoms with E-state index >= 15 is 0 Å². The van der Waals surface area contributed by atoms with E-state index in [1.54, 1.807) is 11.6 Å². The molecule has 9 heteroatoms. The lowest BCUT2D eigenvalue weighted by Gasteiger charge is -2.15. The van der Waals surface area contributed by atoms with Gasteiger partial charge in [0.25, 0.3) is 5.56 Å². The van der Waals surface area contributed by atoms with E-state index in [1.807, 2.05) is 24.3 Å². The fraction of sp³-hybridized carbons (Fsp3) is 0.333. The zero-order valence-electron chi connectivity index (χ0n) is 20.6. The predicted octanol–water partition coefficient (Wildman–Crippen LogP) is 2.01. The van der Waals surface area contributed by atoms with E-state index < -0.39 is 17.2 Å². The molecule has 36 heavy (non-hydrogen) atoms. The lowest BCUT2D eigenvalue weighted by atomic mass is 9.98. The molecular formula is C27H30N6O3. The van der Waals surface area contributed by atoms with E-state index in [0.717, 1.165) is 27.8 Å². The van der Waals surface area contributed by atoms with Crippen molar-refractivity contribution in [1.29, 1.82) is 0 Å². The maximum atomic E-state index is 12.9. The third kappa shape index (κ3) is 4.61. The molecule has 5 rings (SSSR count). The number of amides is 1. The number of carbonyl (C=O) groups excluding carboxylic acids is 1. The van der Waals surface area contributed by atoms with Crippen LogP contribution in [0.2, 0.25) is 0 Å². The van der Waals surface area contributed by atoms with Crippen molar-refractivity contribution < 1.29 is 4.79 Å². The molecule has 0 atom stereocenters. The monoisotopic (exact) mass is 486 g/mol. The lowest BCUT2D eigenvalue weighted by molar-refractivity contribution is -0.121. The van der Waals surface area contributed by atoms with Crippen LogP contribution >= 0.6 is 0 Å². The van der Waals surface area contributed by atoms with Crippen molar-refractivity contribution in [3.05, 3.63) is 86.8 Å². The molecule has 2 aromatic carbocycles. The van der Waals surface area contributed by atoms with Crippen LogP contribution in [0.4, 0.5) is 0 Å². The molecule has 1 amide bonds. The summed E-state index contributed by atoms with van der Waals surface area (Å²) in [6, 6.07) is 16.5. The fourth-order valence-corrected chi connectivity index (χ4v) is 4.87. The number of carbonyl (C=O) groups is 1. The Morgan fingerprint density at radius 1 is 1.00 bits per heavy atom. The first kappa shape index (κ1) is 23.7. The molecule has 2 aromatic heterocycles. The van der Waals surface area contributed by atoms with Crippen LogP contribution in [0.5, 0.6) is 0 Å². The molecule has 0 saturated carbocycles. The normalized spacial score (nSPS) is 13.9. The molecule has 0 aliphatic carbocycles. The number of imidazole rings is 1. The molecule has 9 nitrogen and oxygen atoms in total. The molecule has 1 fully saturated rings. The van der Waals surface area contributed by atoms with Crippen molar-refractivity contribution >= 4 is 17.1 Å². The van der Waals surface area contributed by atoms with Crippen LogP contribution in [0.15, 0.2) is 64.4 Å². The molecule has 1 saturated heterocycles. The van der Waals surface area contributed by atoms with E-state index in [9.17, 15) is 14.4 Å². The Bertz CT molecular complexity index is 1520. The van der Waals surface area contributed by atoms with Crippen LogP contribution in [0.3, 0.4) is 0 Å². The highest BCUT2D eigenvalue weighted by Crippen LogP contribution is 2.25. The first-order valence-electron chi connectivity index (χ1n) is 12.2. The van der Waals surface area contributed by atoms with Crippen molar-refractivity contribution in [3.63, 3.8) is 0 Å². The Kier molecular flexibility index (Phi) is 6.56. The molecule has 1 N–H and O–H groups in total. The van der Waals surface area contributed by atoms with E-state index in [-0.39, 0.29) is 18.6 Å². The Morgan fingerprint density at radius 3 is 2.47 bits per heavy atom. The van der Waals surface area contributed by atoms with E-state index in [0.29, 0.717) is 5.65 Å². The average molecular weight is 487 g/mol. The molecule has 186 valence electrons. The van der Waals surface area contributed by atoms with Crippen molar-refractivity contribution in [2.75, 3.05) is 13.1 Å². The van der Waals surface area contributed by atoms with Crippen LogP contribution in [0, 0.1) is 0 Å². The SMILES string of the molecule is Cn1cnc2c1c(=O)n(CC(=O)NCc1ccccc1-c1ccc(CN3CCCC3)cc1)c(=O)n2C. The number of aromatic nitrogens is 4. The Morgan fingerprint density at radius 2 is 1.72 bits per heavy atom. The molecule has 0 bridgehead atoms. The Hall–Kier alpha value is -3.98. The highest BCUT2D eigenvalue weighted by atomic mass is 16.2. The van der Waals surface area contributed by atoms with Gasteiger partial charge >= 0.3 is 5.69 Å². The van der Waals surface area contributed by atoms with Gasteiger partial charge in [0.1, 0.15) is 6.54 Å². The number of likely N-dealkylation sites (tertiary alicyclic amines) is 1. The molecule has 0 radical (unpaired) electrons. The van der Waals surface area contributed by atoms with Crippen LogP contribution in [0.1, 0.15) is 24.0 Å². The van der Waals surface area contributed by atoms with Gasteiger partial charge in [-0.2, -0.15) is 0 Å². The quantitative estimate of drug-likeness (QED) is 0.431. The number of hydrogen-bond donors (Lipinski definition) is 1. The summed E-state index contributed by atoms with van der Waals surface area (Å²) in [5.41, 5.74) is 3.84. The van der Waals surface area contributed by atoms with E-state index in [2.05, 4.69) is 39.5 Å². The van der Waals surface area contributed by atoms with Gasteiger partial charge < -0.3 is 9.88 Å². The second-order valence-corrected chi connectivity index (χ2v) is 9.37. The molecule has 3 heterocycles. The largest absolute Gasteiger partial charge is 0.350 e. The molecule has 0 spiro atoms. The lowest BCUT2D eigenvalue weighted by Crippen LogP contribution is -2.43. The van der Waals surface area contributed by atoms with Crippen LogP contribution < -0.4 is 16.6 Å². The smallest absolute Gasteiger partial charge is 0.332 e. The van der Waals surface area contributed by atoms with Crippen molar-refractivity contribution in [1.82, 2.24) is 28.9 Å². The fourth-order valence-electron chi connectivity index (χ4n) is 4.87.